The second kappa shape index (κ2) is 16.4. The molecule has 1 aliphatic carbocycles. The number of aliphatic hydroxyl groups is 1. The highest BCUT2D eigenvalue weighted by atomic mass is 32.2. The molecule has 266 valence electrons. The summed E-state index contributed by atoms with van der Waals surface area (Å²) in [6.07, 6.45) is 9.90. The fourth-order valence-corrected chi connectivity index (χ4v) is 9.48. The van der Waals surface area contributed by atoms with Crippen LogP contribution in [0.3, 0.4) is 0 Å². The number of fused-ring (bicyclic) bond motifs is 2. The molecule has 3 N–H and O–H groups in total. The third-order valence-corrected chi connectivity index (χ3v) is 12.0. The lowest BCUT2D eigenvalue weighted by Crippen LogP contribution is -2.59. The molecule has 7 atom stereocenters. The van der Waals surface area contributed by atoms with E-state index >= 15 is 0 Å². The number of carbonyl (C=O) groups is 1. The van der Waals surface area contributed by atoms with Gasteiger partial charge in [-0.15, -0.1) is 0 Å². The van der Waals surface area contributed by atoms with Gasteiger partial charge in [-0.3, -0.25) is 13.9 Å². The summed E-state index contributed by atoms with van der Waals surface area (Å²) in [7, 11) is -5.12. The van der Waals surface area contributed by atoms with Crippen molar-refractivity contribution in [3.8, 4) is 0 Å². The largest absolute Gasteiger partial charge is 0.391 e. The Morgan fingerprint density at radius 2 is 1.65 bits per heavy atom. The van der Waals surface area contributed by atoms with Crippen molar-refractivity contribution >= 4 is 37.5 Å². The zero-order valence-corrected chi connectivity index (χ0v) is 30.9. The van der Waals surface area contributed by atoms with Gasteiger partial charge in [0.05, 0.1) is 35.2 Å². The first-order valence-corrected chi connectivity index (χ1v) is 20.8. The van der Waals surface area contributed by atoms with Crippen molar-refractivity contribution in [1.29, 1.82) is 0 Å². The van der Waals surface area contributed by atoms with Crippen LogP contribution < -0.4 is 10.0 Å². The van der Waals surface area contributed by atoms with E-state index in [1.165, 1.54) is 12.8 Å². The molecule has 2 unspecified atom stereocenters. The lowest BCUT2D eigenvalue weighted by Gasteiger charge is -2.47. The highest BCUT2D eigenvalue weighted by molar-refractivity contribution is 7.89. The molecular formula is C39H53N3O5S2. The van der Waals surface area contributed by atoms with Crippen molar-refractivity contribution in [3.05, 3.63) is 90.5 Å². The van der Waals surface area contributed by atoms with Crippen LogP contribution in [0.1, 0.15) is 58.4 Å². The van der Waals surface area contributed by atoms with E-state index < -0.39 is 33.0 Å². The number of likely N-dealkylation sites (tertiary alicyclic amines) is 1. The Morgan fingerprint density at radius 3 is 2.35 bits per heavy atom. The maximum absolute atomic E-state index is 13.6. The van der Waals surface area contributed by atoms with Crippen molar-refractivity contribution in [1.82, 2.24) is 14.9 Å². The molecule has 2 fully saturated rings. The summed E-state index contributed by atoms with van der Waals surface area (Å²) in [5.74, 6) is 0.698. The smallest absolute Gasteiger partial charge is 0.237 e. The van der Waals surface area contributed by atoms with Crippen LogP contribution in [0.5, 0.6) is 0 Å². The highest BCUT2D eigenvalue weighted by Gasteiger charge is 2.41. The minimum Gasteiger partial charge on any atom is -0.391 e. The van der Waals surface area contributed by atoms with Gasteiger partial charge in [0, 0.05) is 35.2 Å². The van der Waals surface area contributed by atoms with E-state index in [0.717, 1.165) is 48.4 Å². The molecule has 5 rings (SSSR count). The molecule has 10 heteroatoms. The number of hydrogen-bond donors (Lipinski definition) is 3. The maximum atomic E-state index is 13.6. The van der Waals surface area contributed by atoms with Gasteiger partial charge in [-0.25, -0.2) is 13.1 Å². The van der Waals surface area contributed by atoms with Gasteiger partial charge in [0.1, 0.15) is 0 Å². The van der Waals surface area contributed by atoms with Crippen LogP contribution >= 0.6 is 0 Å². The van der Waals surface area contributed by atoms with Crippen molar-refractivity contribution in [2.45, 2.75) is 87.9 Å². The fourth-order valence-electron chi connectivity index (χ4n) is 7.47. The minimum absolute atomic E-state index is 0.00691. The average Bonchev–Trinajstić information content (AvgIpc) is 3.04. The molecule has 8 nitrogen and oxygen atoms in total. The van der Waals surface area contributed by atoms with Crippen molar-refractivity contribution < 1.29 is 22.5 Å². The summed E-state index contributed by atoms with van der Waals surface area (Å²) in [4.78, 5) is 16.4. The summed E-state index contributed by atoms with van der Waals surface area (Å²) in [6.45, 7) is 7.07. The summed E-state index contributed by atoms with van der Waals surface area (Å²) >= 11 is 0. The molecule has 1 aliphatic heterocycles. The zero-order chi connectivity index (χ0) is 35.2. The van der Waals surface area contributed by atoms with Crippen molar-refractivity contribution in [3.63, 3.8) is 0 Å². The summed E-state index contributed by atoms with van der Waals surface area (Å²) in [6, 6.07) is 22.3. The van der Waals surface area contributed by atoms with Gasteiger partial charge in [0.15, 0.2) is 0 Å². The molecule has 0 aromatic heterocycles. The summed E-state index contributed by atoms with van der Waals surface area (Å²) in [5.41, 5.74) is 0.675. The van der Waals surface area contributed by atoms with E-state index in [-0.39, 0.29) is 29.2 Å². The van der Waals surface area contributed by atoms with Gasteiger partial charge in [0.2, 0.25) is 15.9 Å². The molecule has 1 amide bonds. The number of hydrogen-bond acceptors (Lipinski definition) is 6. The molecule has 3 aromatic carbocycles. The Bertz CT molecular complexity index is 1720. The molecule has 0 bridgehead atoms. The lowest BCUT2D eigenvalue weighted by atomic mass is 9.72. The van der Waals surface area contributed by atoms with Crippen LogP contribution in [0.25, 0.3) is 10.8 Å². The van der Waals surface area contributed by atoms with Gasteiger partial charge in [-0.05, 0) is 80.3 Å². The fraction of sp³-hybridized carbons (Fsp3) is 0.513. The number of piperidine rings is 1. The van der Waals surface area contributed by atoms with Crippen LogP contribution in [0.2, 0.25) is 0 Å². The quantitative estimate of drug-likeness (QED) is 0.204. The second-order valence-electron chi connectivity index (χ2n) is 15.1. The Labute approximate surface area is 295 Å². The van der Waals surface area contributed by atoms with Gasteiger partial charge < -0.3 is 10.4 Å². The third-order valence-electron chi connectivity index (χ3n) is 9.80. The number of rotatable bonds is 13. The molecule has 3 aromatic rings. The van der Waals surface area contributed by atoms with Crippen LogP contribution in [0.4, 0.5) is 0 Å². The molecular weight excluding hydrogens is 655 g/mol. The van der Waals surface area contributed by atoms with Gasteiger partial charge in [0.25, 0.3) is 0 Å². The number of amides is 1. The van der Waals surface area contributed by atoms with Gasteiger partial charge in [-0.2, -0.15) is 0 Å². The Morgan fingerprint density at radius 1 is 0.980 bits per heavy atom. The van der Waals surface area contributed by atoms with Gasteiger partial charge >= 0.3 is 0 Å². The number of aliphatic hydroxyl groups excluding tert-OH is 1. The number of nitrogens with zero attached hydrogens (tertiary/aromatic N) is 1. The molecule has 0 spiro atoms. The van der Waals surface area contributed by atoms with Gasteiger partial charge in [-0.1, -0.05) is 92.1 Å². The molecule has 2 aliphatic rings. The van der Waals surface area contributed by atoms with Crippen LogP contribution in [0.15, 0.2) is 89.8 Å². The number of carbonyl (C=O) groups excluding carboxylic acids is 1. The van der Waals surface area contributed by atoms with Crippen LogP contribution in [-0.4, -0.2) is 77.4 Å². The Kier molecular flexibility index (Phi) is 12.5. The third kappa shape index (κ3) is 11.0. The minimum atomic E-state index is -3.63. The first-order valence-electron chi connectivity index (χ1n) is 17.5. The first-order chi connectivity index (χ1) is 23.2. The lowest BCUT2D eigenvalue weighted by molar-refractivity contribution is -0.132. The predicted molar refractivity (Wildman–Crippen MR) is 199 cm³/mol. The SMILES string of the molecule is CC(C)(C)NC(=O)C1C[C@@H]2CCCC[C@@H]2CN1C[C@H](O)[C@@H](/C=C/[C@@H](CS(=O)c1ccc2ccccc2c1)NS(C)(=O)=O)Cc1ccccc1. The summed E-state index contributed by atoms with van der Waals surface area (Å²) in [5, 5.41) is 17.1. The highest BCUT2D eigenvalue weighted by Crippen LogP contribution is 2.39. The molecule has 1 saturated carbocycles. The molecule has 1 heterocycles. The average molecular weight is 708 g/mol. The predicted octanol–water partition coefficient (Wildman–Crippen LogP) is 5.44. The van der Waals surface area contributed by atoms with E-state index in [4.69, 9.17) is 0 Å². The Hall–Kier alpha value is -2.89. The number of benzene rings is 3. The number of sulfonamides is 1. The van der Waals surface area contributed by atoms with E-state index in [1.807, 2.05) is 99.6 Å². The van der Waals surface area contributed by atoms with Crippen LogP contribution in [-0.2, 0) is 32.0 Å². The molecule has 1 saturated heterocycles. The topological polar surface area (TPSA) is 116 Å². The van der Waals surface area contributed by atoms with Crippen molar-refractivity contribution in [2.75, 3.05) is 25.1 Å². The molecule has 49 heavy (non-hydrogen) atoms. The summed E-state index contributed by atoms with van der Waals surface area (Å²) < 4.78 is 41.1. The van der Waals surface area contributed by atoms with E-state index in [1.54, 1.807) is 6.08 Å². The Balaban J connectivity index is 1.38. The number of nitrogens with one attached hydrogen (secondary N) is 2. The van der Waals surface area contributed by atoms with E-state index in [0.29, 0.717) is 29.7 Å². The molecule has 0 radical (unpaired) electrons. The second-order valence-corrected chi connectivity index (χ2v) is 18.3. The van der Waals surface area contributed by atoms with Crippen molar-refractivity contribution in [2.24, 2.45) is 17.8 Å². The first kappa shape index (κ1) is 37.4. The van der Waals surface area contributed by atoms with E-state index in [9.17, 15) is 22.5 Å². The normalized spacial score (nSPS) is 23.1. The van der Waals surface area contributed by atoms with E-state index in [2.05, 4.69) is 14.9 Å². The maximum Gasteiger partial charge on any atom is 0.237 e. The monoisotopic (exact) mass is 707 g/mol. The number of β-amino-alcohol motifs (C(OH)–C–C–N with tert-alkyl or cyclic N) is 1. The van der Waals surface area contributed by atoms with Crippen LogP contribution in [0, 0.1) is 17.8 Å². The standard InChI is InChI=1S/C39H53N3O5S2/c1-39(2,3)40-38(44)36-24-31-16-10-11-17-33(31)25-42(36)26-37(43)32(22-28-12-6-5-7-13-28)18-20-34(41-49(4,46)47)27-48(45)35-21-19-29-14-8-9-15-30(29)23-35/h5-9,12-15,18-21,23,31-34,36-37,41,43H,10-11,16-17,22,24-27H2,1-4H3,(H,40,44)/b20-18+/t31-,32-,33+,34-,36?,37-,48?/m0/s1. The zero-order valence-electron chi connectivity index (χ0n) is 29.3.